The largest absolute Gasteiger partial charge is 0.439 e. The van der Waals surface area contributed by atoms with E-state index < -0.39 is 0 Å². The van der Waals surface area contributed by atoms with Gasteiger partial charge in [-0.3, -0.25) is 4.90 Å². The molecular weight excluding hydrogens is 432 g/mol. The second-order valence-electron chi connectivity index (χ2n) is 9.46. The summed E-state index contributed by atoms with van der Waals surface area (Å²) in [6.45, 7) is 7.58. The summed E-state index contributed by atoms with van der Waals surface area (Å²) in [5.74, 6) is 2.15. The third kappa shape index (κ3) is 5.69. The zero-order valence-electron chi connectivity index (χ0n) is 20.7. The minimum Gasteiger partial charge on any atom is -0.439 e. The average Bonchev–Trinajstić information content (AvgIpc) is 2.87. The third-order valence-corrected chi connectivity index (χ3v) is 6.46. The van der Waals surface area contributed by atoms with E-state index in [-0.39, 0.29) is 0 Å². The Kier molecular flexibility index (Phi) is 6.77. The molecule has 4 aromatic rings. The highest BCUT2D eigenvalue weighted by atomic mass is 16.5. The maximum absolute atomic E-state index is 6.38. The molecule has 0 unspecified atom stereocenters. The fraction of sp³-hybridized carbons (Fsp3) is 0.267. The number of anilines is 1. The van der Waals surface area contributed by atoms with E-state index in [0.29, 0.717) is 11.8 Å². The monoisotopic (exact) mass is 464 g/mol. The van der Waals surface area contributed by atoms with Crippen molar-refractivity contribution < 1.29 is 4.74 Å². The van der Waals surface area contributed by atoms with Crippen molar-refractivity contribution in [2.75, 3.05) is 18.5 Å². The lowest BCUT2D eigenvalue weighted by Crippen LogP contribution is -2.32. The number of nitrogens with zero attached hydrogens (tertiary/aromatic N) is 4. The van der Waals surface area contributed by atoms with E-state index in [1.54, 1.807) is 0 Å². The molecule has 0 saturated carbocycles. The average molecular weight is 465 g/mol. The lowest BCUT2D eigenvalue weighted by Gasteiger charge is -2.30. The van der Waals surface area contributed by atoms with E-state index in [1.165, 1.54) is 22.3 Å². The Morgan fingerprint density at radius 1 is 0.829 bits per heavy atom. The van der Waals surface area contributed by atoms with Crippen molar-refractivity contribution in [2.45, 2.75) is 39.9 Å². The topological polar surface area (TPSA) is 41.5 Å². The van der Waals surface area contributed by atoms with Gasteiger partial charge in [0.05, 0.1) is 11.3 Å². The van der Waals surface area contributed by atoms with Crippen LogP contribution < -0.4 is 9.64 Å². The highest BCUT2D eigenvalue weighted by molar-refractivity contribution is 5.44. The summed E-state index contributed by atoms with van der Waals surface area (Å²) in [7, 11) is 2.04. The van der Waals surface area contributed by atoms with Gasteiger partial charge in [0.1, 0.15) is 5.75 Å². The zero-order valence-corrected chi connectivity index (χ0v) is 20.7. The summed E-state index contributed by atoms with van der Waals surface area (Å²) in [6, 6.07) is 27.3. The fourth-order valence-electron chi connectivity index (χ4n) is 4.41. The van der Waals surface area contributed by atoms with E-state index in [4.69, 9.17) is 14.7 Å². The summed E-state index contributed by atoms with van der Waals surface area (Å²) < 4.78 is 6.38. The van der Waals surface area contributed by atoms with Gasteiger partial charge < -0.3 is 9.64 Å². The molecule has 5 heteroatoms. The van der Waals surface area contributed by atoms with E-state index in [1.807, 2.05) is 25.2 Å². The summed E-state index contributed by atoms with van der Waals surface area (Å²) in [5, 5.41) is 0. The van der Waals surface area contributed by atoms with E-state index in [2.05, 4.69) is 84.3 Å². The van der Waals surface area contributed by atoms with Gasteiger partial charge in [0.2, 0.25) is 11.8 Å². The van der Waals surface area contributed by atoms with Crippen molar-refractivity contribution in [1.29, 1.82) is 0 Å². The molecule has 178 valence electrons. The van der Waals surface area contributed by atoms with Gasteiger partial charge in [-0.25, -0.2) is 4.98 Å². The second-order valence-corrected chi connectivity index (χ2v) is 9.46. The van der Waals surface area contributed by atoms with E-state index in [9.17, 15) is 0 Å². The standard InChI is InChI=1S/C30H32N4O/c1-22-9-13-25(14-10-22)20-34-18-17-28-27(21-34)29(35-26-15-11-23(2)12-16-26)32-30(31-28)33(3)19-24-7-5-4-6-8-24/h4-16H,17-21H2,1-3H3. The second kappa shape index (κ2) is 10.3. The molecule has 0 saturated heterocycles. The molecule has 0 aliphatic carbocycles. The van der Waals surface area contributed by atoms with Crippen molar-refractivity contribution in [3.05, 3.63) is 112 Å². The number of benzene rings is 3. The lowest BCUT2D eigenvalue weighted by atomic mass is 10.1. The molecule has 5 nitrogen and oxygen atoms in total. The van der Waals surface area contributed by atoms with Crippen LogP contribution in [0.25, 0.3) is 0 Å². The molecule has 2 heterocycles. The molecule has 1 aromatic heterocycles. The molecule has 3 aromatic carbocycles. The van der Waals surface area contributed by atoms with Crippen LogP contribution in [0.4, 0.5) is 5.95 Å². The molecule has 0 bridgehead atoms. The van der Waals surface area contributed by atoms with Crippen LogP contribution in [0.1, 0.15) is 33.5 Å². The smallest absolute Gasteiger partial charge is 0.228 e. The van der Waals surface area contributed by atoms with E-state index in [0.717, 1.165) is 49.6 Å². The number of hydrogen-bond acceptors (Lipinski definition) is 5. The predicted octanol–water partition coefficient (Wildman–Crippen LogP) is 6.08. The fourth-order valence-corrected chi connectivity index (χ4v) is 4.41. The summed E-state index contributed by atoms with van der Waals surface area (Å²) in [5.41, 5.74) is 7.20. The first-order valence-corrected chi connectivity index (χ1v) is 12.2. The number of hydrogen-bond donors (Lipinski definition) is 0. The molecule has 0 N–H and O–H groups in total. The van der Waals surface area contributed by atoms with Crippen LogP contribution in [0.15, 0.2) is 78.9 Å². The molecule has 0 atom stereocenters. The third-order valence-electron chi connectivity index (χ3n) is 6.46. The molecule has 0 amide bonds. The first-order valence-electron chi connectivity index (χ1n) is 12.2. The van der Waals surface area contributed by atoms with Crippen LogP contribution >= 0.6 is 0 Å². The lowest BCUT2D eigenvalue weighted by molar-refractivity contribution is 0.238. The Balaban J connectivity index is 1.43. The van der Waals surface area contributed by atoms with Crippen molar-refractivity contribution in [2.24, 2.45) is 0 Å². The quantitative estimate of drug-likeness (QED) is 0.332. The van der Waals surface area contributed by atoms with Crippen LogP contribution in [0.5, 0.6) is 11.6 Å². The highest BCUT2D eigenvalue weighted by Gasteiger charge is 2.25. The van der Waals surface area contributed by atoms with Gasteiger partial charge >= 0.3 is 0 Å². The first-order chi connectivity index (χ1) is 17.0. The Bertz CT molecular complexity index is 1270. The Morgan fingerprint density at radius 2 is 1.51 bits per heavy atom. The first kappa shape index (κ1) is 23.1. The van der Waals surface area contributed by atoms with Gasteiger partial charge in [-0.05, 0) is 37.1 Å². The molecule has 1 aliphatic rings. The Labute approximate surface area is 208 Å². The Hall–Kier alpha value is -3.70. The van der Waals surface area contributed by atoms with Gasteiger partial charge in [-0.1, -0.05) is 77.9 Å². The molecular formula is C30H32N4O. The van der Waals surface area contributed by atoms with Crippen molar-refractivity contribution in [1.82, 2.24) is 14.9 Å². The highest BCUT2D eigenvalue weighted by Crippen LogP contribution is 2.32. The summed E-state index contributed by atoms with van der Waals surface area (Å²) in [6.07, 6.45) is 0.875. The zero-order chi connectivity index (χ0) is 24.2. The van der Waals surface area contributed by atoms with Crippen LogP contribution in [-0.2, 0) is 26.1 Å². The van der Waals surface area contributed by atoms with Crippen LogP contribution in [0.2, 0.25) is 0 Å². The van der Waals surface area contributed by atoms with Gasteiger partial charge in [0, 0.05) is 39.6 Å². The van der Waals surface area contributed by atoms with Crippen molar-refractivity contribution in [3.63, 3.8) is 0 Å². The molecule has 35 heavy (non-hydrogen) atoms. The number of fused-ring (bicyclic) bond motifs is 1. The van der Waals surface area contributed by atoms with Gasteiger partial charge in [0.15, 0.2) is 0 Å². The number of aromatic nitrogens is 2. The minimum absolute atomic E-state index is 0.655. The number of aryl methyl sites for hydroxylation is 2. The normalized spacial score (nSPS) is 13.3. The number of ether oxygens (including phenoxy) is 1. The molecule has 5 rings (SSSR count). The maximum atomic E-state index is 6.38. The summed E-state index contributed by atoms with van der Waals surface area (Å²) >= 11 is 0. The molecule has 1 aliphatic heterocycles. The van der Waals surface area contributed by atoms with Gasteiger partial charge in [-0.2, -0.15) is 4.98 Å². The van der Waals surface area contributed by atoms with Crippen LogP contribution in [0, 0.1) is 13.8 Å². The van der Waals surface area contributed by atoms with E-state index >= 15 is 0 Å². The van der Waals surface area contributed by atoms with Crippen molar-refractivity contribution in [3.8, 4) is 11.6 Å². The van der Waals surface area contributed by atoms with Crippen molar-refractivity contribution >= 4 is 5.95 Å². The van der Waals surface area contributed by atoms with Crippen LogP contribution in [-0.4, -0.2) is 28.5 Å². The number of rotatable bonds is 7. The SMILES string of the molecule is Cc1ccc(CN2CCc3nc(N(C)Cc4ccccc4)nc(Oc4ccc(C)cc4)c3C2)cc1. The minimum atomic E-state index is 0.655. The predicted molar refractivity (Wildman–Crippen MR) is 141 cm³/mol. The maximum Gasteiger partial charge on any atom is 0.228 e. The molecule has 0 spiro atoms. The van der Waals surface area contributed by atoms with Crippen LogP contribution in [0.3, 0.4) is 0 Å². The summed E-state index contributed by atoms with van der Waals surface area (Å²) in [4.78, 5) is 14.4. The molecule has 0 radical (unpaired) electrons. The Morgan fingerprint density at radius 3 is 2.23 bits per heavy atom. The molecule has 0 fully saturated rings. The van der Waals surface area contributed by atoms with Gasteiger partial charge in [0.25, 0.3) is 0 Å². The van der Waals surface area contributed by atoms with Gasteiger partial charge in [-0.15, -0.1) is 0 Å².